The Kier molecular flexibility index (Phi) is 7.82. The van der Waals surface area contributed by atoms with Gasteiger partial charge in [0.1, 0.15) is 5.75 Å². The molecule has 1 aliphatic rings. The van der Waals surface area contributed by atoms with Crippen LogP contribution in [-0.4, -0.2) is 56.3 Å². The molecule has 160 valence electrons. The number of benzene rings is 2. The van der Waals surface area contributed by atoms with Crippen LogP contribution < -0.4 is 10.1 Å². The number of hydrogen-bond acceptors (Lipinski definition) is 6. The Balaban J connectivity index is 1.45. The van der Waals surface area contributed by atoms with Gasteiger partial charge in [0.15, 0.2) is 6.10 Å². The highest BCUT2D eigenvalue weighted by atomic mass is 16.5. The Morgan fingerprint density at radius 3 is 2.30 bits per heavy atom. The molecule has 0 aromatic heterocycles. The predicted molar refractivity (Wildman–Crippen MR) is 112 cm³/mol. The van der Waals surface area contributed by atoms with E-state index in [1.807, 2.05) is 36.4 Å². The van der Waals surface area contributed by atoms with Crippen molar-refractivity contribution in [1.82, 2.24) is 10.2 Å². The second-order valence-electron chi connectivity index (χ2n) is 7.20. The van der Waals surface area contributed by atoms with Gasteiger partial charge in [-0.3, -0.25) is 9.69 Å². The molecule has 2 aromatic carbocycles. The van der Waals surface area contributed by atoms with Gasteiger partial charge in [0.05, 0.1) is 25.9 Å². The van der Waals surface area contributed by atoms with Crippen LogP contribution >= 0.6 is 0 Å². The number of esters is 1. The molecule has 1 heterocycles. The number of carbonyl (C=O) groups is 2. The van der Waals surface area contributed by atoms with Crippen LogP contribution in [0.2, 0.25) is 0 Å². The maximum atomic E-state index is 12.4. The quantitative estimate of drug-likeness (QED) is 0.671. The van der Waals surface area contributed by atoms with E-state index in [0.29, 0.717) is 12.1 Å². The number of hydrogen-bond donors (Lipinski definition) is 1. The fourth-order valence-electron chi connectivity index (χ4n) is 3.12. The zero-order valence-electron chi connectivity index (χ0n) is 17.4. The lowest BCUT2D eigenvalue weighted by atomic mass is 10.1. The third-order valence-electron chi connectivity index (χ3n) is 4.98. The van der Waals surface area contributed by atoms with Gasteiger partial charge in [0.25, 0.3) is 5.91 Å². The molecule has 1 saturated heterocycles. The number of nitrogens with zero attached hydrogens (tertiary/aromatic N) is 1. The summed E-state index contributed by atoms with van der Waals surface area (Å²) >= 11 is 0. The van der Waals surface area contributed by atoms with E-state index >= 15 is 0 Å². The zero-order chi connectivity index (χ0) is 21.3. The minimum Gasteiger partial charge on any atom is -0.497 e. The Morgan fingerprint density at radius 1 is 1.03 bits per heavy atom. The van der Waals surface area contributed by atoms with Gasteiger partial charge in [-0.1, -0.05) is 24.3 Å². The van der Waals surface area contributed by atoms with Crippen LogP contribution in [0.15, 0.2) is 48.5 Å². The standard InChI is InChI=1S/C23H28N2O5/c1-17(22(26)24-15-18-5-9-21(28-2)10-6-18)30-23(27)20-7-3-19(4-8-20)16-25-11-13-29-14-12-25/h3-10,17H,11-16H2,1-2H3,(H,24,26)/t17-/m0/s1. The molecular weight excluding hydrogens is 384 g/mol. The highest BCUT2D eigenvalue weighted by molar-refractivity contribution is 5.92. The summed E-state index contributed by atoms with van der Waals surface area (Å²) in [5.74, 6) is -0.105. The number of methoxy groups -OCH3 is 1. The molecule has 0 bridgehead atoms. The van der Waals surface area contributed by atoms with Crippen LogP contribution in [0, 0.1) is 0 Å². The van der Waals surface area contributed by atoms with E-state index in [-0.39, 0.29) is 5.91 Å². The lowest BCUT2D eigenvalue weighted by Crippen LogP contribution is -2.35. The molecule has 30 heavy (non-hydrogen) atoms. The van der Waals surface area contributed by atoms with Crippen molar-refractivity contribution in [2.45, 2.75) is 26.1 Å². The van der Waals surface area contributed by atoms with Crippen molar-refractivity contribution in [2.24, 2.45) is 0 Å². The summed E-state index contributed by atoms with van der Waals surface area (Å²) in [6.07, 6.45) is -0.885. The van der Waals surface area contributed by atoms with Crippen molar-refractivity contribution in [3.63, 3.8) is 0 Å². The minimum atomic E-state index is -0.885. The summed E-state index contributed by atoms with van der Waals surface area (Å²) in [4.78, 5) is 26.9. The molecule has 1 fully saturated rings. The summed E-state index contributed by atoms with van der Waals surface area (Å²) < 4.78 is 15.8. The summed E-state index contributed by atoms with van der Waals surface area (Å²) in [5, 5.41) is 2.77. The molecule has 1 amide bonds. The fourth-order valence-corrected chi connectivity index (χ4v) is 3.12. The fraction of sp³-hybridized carbons (Fsp3) is 0.391. The SMILES string of the molecule is COc1ccc(CNC(=O)[C@H](C)OC(=O)c2ccc(CN3CCOCC3)cc2)cc1. The van der Waals surface area contributed by atoms with Crippen molar-refractivity contribution in [2.75, 3.05) is 33.4 Å². The van der Waals surface area contributed by atoms with Crippen LogP contribution in [0.25, 0.3) is 0 Å². The molecule has 0 saturated carbocycles. The number of carbonyl (C=O) groups excluding carboxylic acids is 2. The Hall–Kier alpha value is -2.90. The number of ether oxygens (including phenoxy) is 3. The van der Waals surface area contributed by atoms with Crippen molar-refractivity contribution in [3.05, 3.63) is 65.2 Å². The van der Waals surface area contributed by atoms with Gasteiger partial charge in [-0.25, -0.2) is 4.79 Å². The molecule has 0 aliphatic carbocycles. The summed E-state index contributed by atoms with van der Waals surface area (Å²) in [7, 11) is 1.60. The van der Waals surface area contributed by atoms with E-state index in [1.54, 1.807) is 26.2 Å². The largest absolute Gasteiger partial charge is 0.497 e. The molecule has 7 heteroatoms. The normalized spacial score (nSPS) is 15.3. The second kappa shape index (κ2) is 10.8. The minimum absolute atomic E-state index is 0.344. The highest BCUT2D eigenvalue weighted by Gasteiger charge is 2.19. The van der Waals surface area contributed by atoms with Crippen LogP contribution in [0.1, 0.15) is 28.4 Å². The number of nitrogens with one attached hydrogen (secondary N) is 1. The summed E-state index contributed by atoms with van der Waals surface area (Å²) in [6, 6.07) is 14.7. The van der Waals surface area contributed by atoms with Crippen molar-refractivity contribution in [1.29, 1.82) is 0 Å². The summed E-state index contributed by atoms with van der Waals surface area (Å²) in [6.45, 7) is 6.06. The third-order valence-corrected chi connectivity index (χ3v) is 4.98. The number of rotatable bonds is 8. The third kappa shape index (κ3) is 6.30. The van der Waals surface area contributed by atoms with E-state index in [0.717, 1.165) is 49.7 Å². The topological polar surface area (TPSA) is 77.1 Å². The molecule has 1 aliphatic heterocycles. The number of amides is 1. The van der Waals surface area contributed by atoms with Gasteiger partial charge < -0.3 is 19.5 Å². The molecule has 7 nitrogen and oxygen atoms in total. The van der Waals surface area contributed by atoms with Gasteiger partial charge in [-0.15, -0.1) is 0 Å². The first-order valence-electron chi connectivity index (χ1n) is 10.1. The first-order valence-corrected chi connectivity index (χ1v) is 10.1. The Bertz CT molecular complexity index is 830. The maximum absolute atomic E-state index is 12.4. The second-order valence-corrected chi connectivity index (χ2v) is 7.20. The Morgan fingerprint density at radius 2 is 1.67 bits per heavy atom. The first-order chi connectivity index (χ1) is 14.5. The molecule has 0 radical (unpaired) electrons. The van der Waals surface area contributed by atoms with E-state index in [2.05, 4.69) is 10.2 Å². The zero-order valence-corrected chi connectivity index (χ0v) is 17.4. The monoisotopic (exact) mass is 412 g/mol. The maximum Gasteiger partial charge on any atom is 0.338 e. The van der Waals surface area contributed by atoms with Gasteiger partial charge in [0.2, 0.25) is 0 Å². The van der Waals surface area contributed by atoms with E-state index in [1.165, 1.54) is 0 Å². The van der Waals surface area contributed by atoms with Gasteiger partial charge >= 0.3 is 5.97 Å². The first kappa shape index (κ1) is 21.8. The van der Waals surface area contributed by atoms with Gasteiger partial charge in [-0.2, -0.15) is 0 Å². The Labute approximate surface area is 176 Å². The molecule has 1 N–H and O–H groups in total. The van der Waals surface area contributed by atoms with Crippen LogP contribution in [0.3, 0.4) is 0 Å². The molecule has 1 atom stereocenters. The summed E-state index contributed by atoms with van der Waals surface area (Å²) in [5.41, 5.74) is 2.48. The molecular formula is C23H28N2O5. The molecule has 2 aromatic rings. The lowest BCUT2D eigenvalue weighted by Gasteiger charge is -2.26. The molecule has 0 unspecified atom stereocenters. The molecule has 3 rings (SSSR count). The van der Waals surface area contributed by atoms with E-state index < -0.39 is 12.1 Å². The van der Waals surface area contributed by atoms with E-state index in [4.69, 9.17) is 14.2 Å². The van der Waals surface area contributed by atoms with E-state index in [9.17, 15) is 9.59 Å². The van der Waals surface area contributed by atoms with Gasteiger partial charge in [0, 0.05) is 26.2 Å². The van der Waals surface area contributed by atoms with Gasteiger partial charge in [-0.05, 0) is 42.3 Å². The average molecular weight is 412 g/mol. The smallest absolute Gasteiger partial charge is 0.338 e. The molecule has 0 spiro atoms. The number of morpholine rings is 1. The predicted octanol–water partition coefficient (Wildman–Crippen LogP) is 2.39. The van der Waals surface area contributed by atoms with Crippen molar-refractivity contribution < 1.29 is 23.8 Å². The van der Waals surface area contributed by atoms with Crippen LogP contribution in [0.4, 0.5) is 0 Å². The van der Waals surface area contributed by atoms with Crippen LogP contribution in [0.5, 0.6) is 5.75 Å². The lowest BCUT2D eigenvalue weighted by molar-refractivity contribution is -0.129. The van der Waals surface area contributed by atoms with Crippen LogP contribution in [-0.2, 0) is 27.4 Å². The van der Waals surface area contributed by atoms with Crippen molar-refractivity contribution >= 4 is 11.9 Å². The average Bonchev–Trinajstić information content (AvgIpc) is 2.79. The van der Waals surface area contributed by atoms with Crippen molar-refractivity contribution in [3.8, 4) is 5.75 Å². The highest BCUT2D eigenvalue weighted by Crippen LogP contribution is 2.12.